The fourth-order valence-corrected chi connectivity index (χ4v) is 2.57. The molecule has 0 saturated carbocycles. The number of H-pyrrole nitrogens is 1. The molecule has 1 heterocycles. The van der Waals surface area contributed by atoms with E-state index in [-0.39, 0.29) is 11.0 Å². The van der Waals surface area contributed by atoms with Crippen LogP contribution in [0.15, 0.2) is 40.9 Å². The first-order valence-corrected chi connectivity index (χ1v) is 6.57. The quantitative estimate of drug-likeness (QED) is 0.809. The van der Waals surface area contributed by atoms with Gasteiger partial charge in [-0.3, -0.25) is 0 Å². The summed E-state index contributed by atoms with van der Waals surface area (Å²) in [4.78, 5) is 2.94. The molecule has 0 aliphatic heterocycles. The number of hydrogen-bond donors (Lipinski definition) is 2. The van der Waals surface area contributed by atoms with Gasteiger partial charge < -0.3 is 10.3 Å². The van der Waals surface area contributed by atoms with E-state index in [0.717, 1.165) is 11.4 Å². The van der Waals surface area contributed by atoms with E-state index >= 15 is 0 Å². The smallest absolute Gasteiger partial charge is 0.134 e. The molecule has 104 valence electrons. The van der Waals surface area contributed by atoms with Crippen LogP contribution in [0.4, 0.5) is 5.69 Å². The van der Waals surface area contributed by atoms with Crippen molar-refractivity contribution < 1.29 is 0 Å². The number of aromatic nitrogens is 1. The third kappa shape index (κ3) is 2.96. The second-order valence-electron chi connectivity index (χ2n) is 5.78. The van der Waals surface area contributed by atoms with Crippen LogP contribution < -0.4 is 5.32 Å². The lowest BCUT2D eigenvalue weighted by atomic mass is 9.73. The fourth-order valence-electron chi connectivity index (χ4n) is 2.57. The summed E-state index contributed by atoms with van der Waals surface area (Å²) in [6.07, 6.45) is 4.82. The Hall–Kier alpha value is -2.97. The molecule has 0 unspecified atom stereocenters. The van der Waals surface area contributed by atoms with E-state index in [1.54, 1.807) is 12.4 Å². The zero-order valence-electron chi connectivity index (χ0n) is 12.0. The van der Waals surface area contributed by atoms with Crippen molar-refractivity contribution >= 4 is 5.69 Å². The monoisotopic (exact) mass is 277 g/mol. The molecule has 0 amide bonds. The van der Waals surface area contributed by atoms with Gasteiger partial charge in [0.25, 0.3) is 0 Å². The van der Waals surface area contributed by atoms with Crippen molar-refractivity contribution in [2.24, 2.45) is 5.41 Å². The Morgan fingerprint density at radius 3 is 2.48 bits per heavy atom. The molecule has 0 spiro atoms. The van der Waals surface area contributed by atoms with Gasteiger partial charge in [0.1, 0.15) is 23.8 Å². The number of nitriles is 3. The van der Waals surface area contributed by atoms with E-state index in [2.05, 4.69) is 30.2 Å². The highest BCUT2D eigenvalue weighted by molar-refractivity contribution is 5.61. The van der Waals surface area contributed by atoms with E-state index in [4.69, 9.17) is 10.5 Å². The molecule has 5 heteroatoms. The molecular formula is C16H15N5. The Balaban J connectivity index is 2.58. The molecule has 5 nitrogen and oxygen atoms in total. The lowest BCUT2D eigenvalue weighted by Gasteiger charge is -2.33. The first-order valence-electron chi connectivity index (χ1n) is 6.57. The molecule has 0 atom stereocenters. The first kappa shape index (κ1) is 14.4. The molecule has 1 aromatic heterocycles. The molecule has 21 heavy (non-hydrogen) atoms. The predicted molar refractivity (Wildman–Crippen MR) is 78.3 cm³/mol. The highest BCUT2D eigenvalue weighted by atomic mass is 14.9. The van der Waals surface area contributed by atoms with Gasteiger partial charge in [-0.1, -0.05) is 13.8 Å². The van der Waals surface area contributed by atoms with Crippen LogP contribution in [0, 0.1) is 39.4 Å². The largest absolute Gasteiger partial charge is 0.366 e. The molecule has 1 aliphatic rings. The maximum Gasteiger partial charge on any atom is 0.134 e. The van der Waals surface area contributed by atoms with Crippen LogP contribution in [0.5, 0.6) is 0 Å². The van der Waals surface area contributed by atoms with Gasteiger partial charge in [0, 0.05) is 23.7 Å². The van der Waals surface area contributed by atoms with Crippen molar-refractivity contribution in [3.05, 3.63) is 40.9 Å². The Morgan fingerprint density at radius 2 is 1.95 bits per heavy atom. The highest BCUT2D eigenvalue weighted by Gasteiger charge is 2.32. The van der Waals surface area contributed by atoms with Crippen molar-refractivity contribution in [2.75, 3.05) is 5.32 Å². The van der Waals surface area contributed by atoms with Crippen LogP contribution in [0.1, 0.15) is 26.7 Å². The summed E-state index contributed by atoms with van der Waals surface area (Å²) >= 11 is 0. The van der Waals surface area contributed by atoms with Crippen molar-refractivity contribution in [1.29, 1.82) is 15.8 Å². The molecule has 0 bridgehead atoms. The van der Waals surface area contributed by atoms with Gasteiger partial charge >= 0.3 is 0 Å². The first-order chi connectivity index (χ1) is 10.0. The minimum atomic E-state index is -0.118. The van der Waals surface area contributed by atoms with Crippen molar-refractivity contribution in [3.8, 4) is 18.2 Å². The van der Waals surface area contributed by atoms with Gasteiger partial charge in [-0.15, -0.1) is 0 Å². The average Bonchev–Trinajstić information content (AvgIpc) is 2.92. The third-order valence-electron chi connectivity index (χ3n) is 3.44. The molecular weight excluding hydrogens is 262 g/mol. The van der Waals surface area contributed by atoms with Gasteiger partial charge in [0.2, 0.25) is 0 Å². The summed E-state index contributed by atoms with van der Waals surface area (Å²) in [7, 11) is 0. The standard InChI is InChI=1S/C16H15N5/c1-16(2)5-13(11(7-17)8-18)14(9-19)15(6-16)21-12-3-4-20-10-12/h3-4,10,20-21H,5-6H2,1-2H3. The van der Waals surface area contributed by atoms with Crippen LogP contribution in [0.25, 0.3) is 0 Å². The fraction of sp³-hybridized carbons (Fsp3) is 0.312. The number of rotatable bonds is 2. The SMILES string of the molecule is CC1(C)CC(Nc2cc[nH]c2)=C(C#N)C(=C(C#N)C#N)C1. The van der Waals surface area contributed by atoms with Gasteiger partial charge in [-0.25, -0.2) is 0 Å². The number of aromatic amines is 1. The molecule has 1 aromatic rings. The number of allylic oxidation sites excluding steroid dienone is 4. The third-order valence-corrected chi connectivity index (χ3v) is 3.44. The normalized spacial score (nSPS) is 16.6. The lowest BCUT2D eigenvalue weighted by molar-refractivity contribution is 0.349. The van der Waals surface area contributed by atoms with Crippen LogP contribution in [0.3, 0.4) is 0 Å². The van der Waals surface area contributed by atoms with Crippen LogP contribution in [-0.4, -0.2) is 4.98 Å². The summed E-state index contributed by atoms with van der Waals surface area (Å²) in [5.74, 6) is 0. The van der Waals surface area contributed by atoms with E-state index in [0.29, 0.717) is 24.0 Å². The minimum absolute atomic E-state index is 0.0210. The summed E-state index contributed by atoms with van der Waals surface area (Å²) in [5, 5.41) is 30.9. The summed E-state index contributed by atoms with van der Waals surface area (Å²) in [6.45, 7) is 4.12. The molecule has 2 N–H and O–H groups in total. The number of nitrogens with zero attached hydrogens (tertiary/aromatic N) is 3. The topological polar surface area (TPSA) is 99.2 Å². The van der Waals surface area contributed by atoms with E-state index in [1.807, 2.05) is 18.2 Å². The predicted octanol–water partition coefficient (Wildman–Crippen LogP) is 3.37. The van der Waals surface area contributed by atoms with Gasteiger partial charge in [0.15, 0.2) is 0 Å². The lowest BCUT2D eigenvalue weighted by Crippen LogP contribution is -2.24. The van der Waals surface area contributed by atoms with Crippen LogP contribution in [0.2, 0.25) is 0 Å². The second kappa shape index (κ2) is 5.57. The number of anilines is 1. The molecule has 0 fully saturated rings. The van der Waals surface area contributed by atoms with Crippen molar-refractivity contribution in [2.45, 2.75) is 26.7 Å². The van der Waals surface area contributed by atoms with Crippen molar-refractivity contribution in [3.63, 3.8) is 0 Å². The van der Waals surface area contributed by atoms with E-state index in [1.165, 1.54) is 0 Å². The number of hydrogen-bond acceptors (Lipinski definition) is 4. The van der Waals surface area contributed by atoms with Gasteiger partial charge in [-0.05, 0) is 24.3 Å². The Kier molecular flexibility index (Phi) is 3.83. The second-order valence-corrected chi connectivity index (χ2v) is 5.78. The maximum absolute atomic E-state index is 9.46. The Labute approximate surface area is 123 Å². The van der Waals surface area contributed by atoms with Gasteiger partial charge in [0.05, 0.1) is 11.3 Å². The van der Waals surface area contributed by atoms with Crippen LogP contribution >= 0.6 is 0 Å². The Bertz CT molecular complexity index is 711. The van der Waals surface area contributed by atoms with Crippen molar-refractivity contribution in [1.82, 2.24) is 4.98 Å². The number of nitrogens with one attached hydrogen (secondary N) is 2. The zero-order chi connectivity index (χ0) is 15.5. The molecule has 0 aromatic carbocycles. The molecule has 0 saturated heterocycles. The highest BCUT2D eigenvalue weighted by Crippen LogP contribution is 2.42. The van der Waals surface area contributed by atoms with Crippen LogP contribution in [-0.2, 0) is 0 Å². The average molecular weight is 277 g/mol. The van der Waals surface area contributed by atoms with E-state index in [9.17, 15) is 5.26 Å². The maximum atomic E-state index is 9.46. The van der Waals surface area contributed by atoms with E-state index < -0.39 is 0 Å². The minimum Gasteiger partial charge on any atom is -0.366 e. The summed E-state index contributed by atoms with van der Waals surface area (Å²) in [6, 6.07) is 7.82. The molecule has 0 radical (unpaired) electrons. The van der Waals surface area contributed by atoms with Gasteiger partial charge in [-0.2, -0.15) is 15.8 Å². The summed E-state index contributed by atoms with van der Waals surface area (Å²) in [5.41, 5.74) is 2.46. The Morgan fingerprint density at radius 1 is 1.24 bits per heavy atom. The molecule has 2 rings (SSSR count). The summed E-state index contributed by atoms with van der Waals surface area (Å²) < 4.78 is 0. The molecule has 1 aliphatic carbocycles. The zero-order valence-corrected chi connectivity index (χ0v) is 12.0.